The zero-order valence-electron chi connectivity index (χ0n) is 22.9. The molecule has 0 radical (unpaired) electrons. The molecule has 0 aliphatic rings. The summed E-state index contributed by atoms with van der Waals surface area (Å²) in [5.74, 6) is 0.0804. The average molecular weight is 575 g/mol. The van der Waals surface area contributed by atoms with E-state index in [9.17, 15) is 14.7 Å². The number of unbranched alkanes of at least 4 members (excludes halogenated alkanes) is 1. The van der Waals surface area contributed by atoms with E-state index in [1.54, 1.807) is 17.5 Å². The van der Waals surface area contributed by atoms with E-state index in [0.29, 0.717) is 31.1 Å². The Morgan fingerprint density at radius 3 is 2.71 bits per heavy atom. The van der Waals surface area contributed by atoms with E-state index in [1.807, 2.05) is 11.4 Å². The molecule has 4 aromatic heterocycles. The maximum absolute atomic E-state index is 12.3. The van der Waals surface area contributed by atoms with Crippen LogP contribution in [0, 0.1) is 0 Å². The van der Waals surface area contributed by atoms with Crippen molar-refractivity contribution in [3.63, 3.8) is 0 Å². The Balaban J connectivity index is 1.18. The first-order chi connectivity index (χ1) is 19.9. The van der Waals surface area contributed by atoms with Crippen molar-refractivity contribution < 1.29 is 14.7 Å². The lowest BCUT2D eigenvalue weighted by atomic mass is 10.1. The molecule has 4 heterocycles. The van der Waals surface area contributed by atoms with Crippen molar-refractivity contribution >= 4 is 50.3 Å². The Bertz CT molecular complexity index is 1630. The van der Waals surface area contributed by atoms with Crippen LogP contribution in [0.15, 0.2) is 48.2 Å². The molecule has 1 unspecified atom stereocenters. The number of hydrogen-bond donors (Lipinski definition) is 5. The predicted octanol–water partition coefficient (Wildman–Crippen LogP) is 3.63. The largest absolute Gasteiger partial charge is 0.480 e. The number of aromatic amines is 1. The lowest BCUT2D eigenvalue weighted by Gasteiger charge is -2.14. The molecule has 41 heavy (non-hydrogen) atoms. The minimum Gasteiger partial charge on any atom is -0.480 e. The van der Waals surface area contributed by atoms with Crippen LogP contribution in [0.3, 0.4) is 0 Å². The molecular weight excluding hydrogens is 540 g/mol. The minimum absolute atomic E-state index is 0.127. The number of carboxylic acids is 1. The van der Waals surface area contributed by atoms with Crippen LogP contribution in [0.4, 0.5) is 5.82 Å². The maximum Gasteiger partial charge on any atom is 0.326 e. The number of carbonyl (C=O) groups is 2. The van der Waals surface area contributed by atoms with Crippen LogP contribution in [0.2, 0.25) is 0 Å². The van der Waals surface area contributed by atoms with Crippen LogP contribution < -0.4 is 16.4 Å². The average Bonchev–Trinajstić information content (AvgIpc) is 3.71. The highest BCUT2D eigenvalue weighted by molar-refractivity contribution is 7.18. The summed E-state index contributed by atoms with van der Waals surface area (Å²) in [5, 5.41) is 17.3. The molecule has 0 saturated carbocycles. The van der Waals surface area contributed by atoms with Crippen molar-refractivity contribution in [2.45, 2.75) is 58.2 Å². The second kappa shape index (κ2) is 12.9. The lowest BCUT2D eigenvalue weighted by Crippen LogP contribution is -2.43. The molecular formula is C29H34N8O3S. The summed E-state index contributed by atoms with van der Waals surface area (Å²) in [6.45, 7) is 3.88. The second-order valence-electron chi connectivity index (χ2n) is 10.0. The van der Waals surface area contributed by atoms with Crippen LogP contribution in [0.1, 0.15) is 48.8 Å². The number of aromatic nitrogens is 5. The normalized spacial score (nSPS) is 12.2. The summed E-state index contributed by atoms with van der Waals surface area (Å²) in [6, 6.07) is 9.36. The van der Waals surface area contributed by atoms with Crippen LogP contribution in [0.25, 0.3) is 21.3 Å². The first-order valence-corrected chi connectivity index (χ1v) is 14.6. The van der Waals surface area contributed by atoms with E-state index >= 15 is 0 Å². The molecule has 0 saturated heterocycles. The zero-order valence-corrected chi connectivity index (χ0v) is 23.7. The van der Waals surface area contributed by atoms with Crippen molar-refractivity contribution in [3.8, 4) is 0 Å². The number of fused-ring (bicyclic) bond motifs is 3. The number of aliphatic carboxylic acids is 1. The molecule has 0 bridgehead atoms. The summed E-state index contributed by atoms with van der Waals surface area (Å²) < 4.78 is 3.38. The van der Waals surface area contributed by atoms with Crippen molar-refractivity contribution in [1.29, 1.82) is 0 Å². The minimum atomic E-state index is -1.09. The molecule has 1 amide bonds. The van der Waals surface area contributed by atoms with Gasteiger partial charge in [0.05, 0.1) is 27.8 Å². The number of carbonyl (C=O) groups excluding carboxylic acids is 1. The SMILES string of the molecule is CCCCc1nc2c(N)nc3ccsc3c2n1Cc1ccc(CNCCC(=O)NC(Cc2c[nH]cn2)C(=O)O)cc1. The predicted molar refractivity (Wildman–Crippen MR) is 160 cm³/mol. The number of nitrogens with one attached hydrogen (secondary N) is 3. The van der Waals surface area contributed by atoms with Gasteiger partial charge >= 0.3 is 5.97 Å². The number of nitrogen functional groups attached to an aromatic ring is 1. The molecule has 0 aliphatic heterocycles. The third-order valence-electron chi connectivity index (χ3n) is 6.97. The third-order valence-corrected chi connectivity index (χ3v) is 7.88. The number of nitrogens with zero attached hydrogens (tertiary/aromatic N) is 4. The molecule has 0 spiro atoms. The van der Waals surface area contributed by atoms with Crippen LogP contribution in [-0.2, 0) is 35.5 Å². The Hall–Kier alpha value is -4.29. The van der Waals surface area contributed by atoms with E-state index in [-0.39, 0.29) is 18.7 Å². The summed E-state index contributed by atoms with van der Waals surface area (Å²) >= 11 is 1.66. The third kappa shape index (κ3) is 6.72. The van der Waals surface area contributed by atoms with Gasteiger partial charge in [0.15, 0.2) is 5.82 Å². The molecule has 1 atom stereocenters. The van der Waals surface area contributed by atoms with Gasteiger partial charge < -0.3 is 31.0 Å². The second-order valence-corrected chi connectivity index (χ2v) is 10.9. The van der Waals surface area contributed by atoms with Crippen LogP contribution >= 0.6 is 11.3 Å². The van der Waals surface area contributed by atoms with E-state index in [4.69, 9.17) is 10.7 Å². The monoisotopic (exact) mass is 574 g/mol. The van der Waals surface area contributed by atoms with Crippen molar-refractivity contribution in [1.82, 2.24) is 35.1 Å². The number of imidazole rings is 2. The van der Waals surface area contributed by atoms with Gasteiger partial charge in [-0.2, -0.15) is 0 Å². The highest BCUT2D eigenvalue weighted by atomic mass is 32.1. The molecule has 1 aromatic carbocycles. The fourth-order valence-corrected chi connectivity index (χ4v) is 5.70. The molecule has 5 rings (SSSR count). The van der Waals surface area contributed by atoms with Crippen molar-refractivity contribution in [3.05, 3.63) is 70.9 Å². The number of hydrogen-bond acceptors (Lipinski definition) is 8. The molecule has 12 heteroatoms. The highest BCUT2D eigenvalue weighted by Gasteiger charge is 2.21. The van der Waals surface area contributed by atoms with E-state index in [2.05, 4.69) is 61.3 Å². The first kappa shape index (κ1) is 28.2. The number of nitrogens with two attached hydrogens (primary N) is 1. The highest BCUT2D eigenvalue weighted by Crippen LogP contribution is 2.33. The van der Waals surface area contributed by atoms with Crippen molar-refractivity contribution in [2.24, 2.45) is 0 Å². The lowest BCUT2D eigenvalue weighted by molar-refractivity contribution is -0.141. The van der Waals surface area contributed by atoms with Gasteiger partial charge in [0.1, 0.15) is 17.4 Å². The van der Waals surface area contributed by atoms with Gasteiger partial charge in [-0.05, 0) is 29.0 Å². The molecule has 5 aromatic rings. The van der Waals surface area contributed by atoms with E-state index in [0.717, 1.165) is 57.5 Å². The van der Waals surface area contributed by atoms with Gasteiger partial charge in [-0.25, -0.2) is 19.7 Å². The number of H-pyrrole nitrogens is 1. The summed E-state index contributed by atoms with van der Waals surface area (Å²) in [4.78, 5) is 40.1. The number of thiophene rings is 1. The Morgan fingerprint density at radius 2 is 1.98 bits per heavy atom. The Morgan fingerprint density at radius 1 is 1.17 bits per heavy atom. The fourth-order valence-electron chi connectivity index (χ4n) is 4.81. The van der Waals surface area contributed by atoms with Gasteiger partial charge in [0.2, 0.25) is 5.91 Å². The number of carboxylic acid groups (broad SMARTS) is 1. The summed E-state index contributed by atoms with van der Waals surface area (Å²) in [6.07, 6.45) is 6.41. The number of aryl methyl sites for hydroxylation is 1. The fraction of sp³-hybridized carbons (Fsp3) is 0.345. The van der Waals surface area contributed by atoms with E-state index in [1.165, 1.54) is 6.33 Å². The Labute approximate surface area is 241 Å². The van der Waals surface area contributed by atoms with Crippen LogP contribution in [0.5, 0.6) is 0 Å². The molecule has 214 valence electrons. The summed E-state index contributed by atoms with van der Waals surface area (Å²) in [5.41, 5.74) is 11.8. The van der Waals surface area contributed by atoms with Gasteiger partial charge in [-0.15, -0.1) is 11.3 Å². The number of benzene rings is 1. The van der Waals surface area contributed by atoms with Gasteiger partial charge in [0.25, 0.3) is 0 Å². The van der Waals surface area contributed by atoms with E-state index < -0.39 is 12.0 Å². The maximum atomic E-state index is 12.3. The smallest absolute Gasteiger partial charge is 0.326 e. The number of rotatable bonds is 14. The molecule has 0 aliphatic carbocycles. The molecule has 6 N–H and O–H groups in total. The first-order valence-electron chi connectivity index (χ1n) is 13.7. The van der Waals surface area contributed by atoms with Gasteiger partial charge in [0, 0.05) is 45.1 Å². The Kier molecular flexibility index (Phi) is 8.90. The number of amides is 1. The van der Waals surface area contributed by atoms with Crippen LogP contribution in [-0.4, -0.2) is 54.1 Å². The standard InChI is InChI=1S/C29H34N8O3S/c1-2-3-4-23-36-25-26(27-21(10-12-41-27)35-28(25)30)37(23)16-19-7-5-18(6-8-19)14-31-11-9-24(38)34-22(29(39)40)13-20-15-32-17-33-20/h5-8,10,12,15,17,22,31H,2-4,9,11,13-14,16H2,1H3,(H2,30,35)(H,32,33)(H,34,38)(H,39,40). The number of pyridine rings is 1. The number of anilines is 1. The van der Waals surface area contributed by atoms with Gasteiger partial charge in [-0.3, -0.25) is 4.79 Å². The van der Waals surface area contributed by atoms with Crippen molar-refractivity contribution in [2.75, 3.05) is 12.3 Å². The van der Waals surface area contributed by atoms with Gasteiger partial charge in [-0.1, -0.05) is 37.6 Å². The summed E-state index contributed by atoms with van der Waals surface area (Å²) in [7, 11) is 0. The zero-order chi connectivity index (χ0) is 28.8. The topological polar surface area (TPSA) is 164 Å². The quantitative estimate of drug-likeness (QED) is 0.126. The molecule has 0 fully saturated rings. The molecule has 11 nitrogen and oxygen atoms in total.